The molecule has 0 amide bonds. The minimum absolute atomic E-state index is 0.0000477. The molecule has 0 aliphatic carbocycles. The van der Waals surface area contributed by atoms with Gasteiger partial charge in [0.25, 0.3) is 0 Å². The third-order valence-corrected chi connectivity index (χ3v) is 11.6. The van der Waals surface area contributed by atoms with Gasteiger partial charge in [0.1, 0.15) is 5.82 Å². The summed E-state index contributed by atoms with van der Waals surface area (Å²) in [7, 11) is 0. The van der Waals surface area contributed by atoms with Gasteiger partial charge in [-0.25, -0.2) is 4.98 Å². The van der Waals surface area contributed by atoms with Crippen LogP contribution in [0, 0.1) is 11.3 Å². The molecule has 0 aliphatic rings. The number of rotatable bonds is 3. The molecule has 3 heterocycles. The van der Waals surface area contributed by atoms with Crippen molar-refractivity contribution in [3.63, 3.8) is 0 Å². The normalized spacial score (nSPS) is 13.0. The Morgan fingerprint density at radius 3 is 1.23 bits per heavy atom. The van der Waals surface area contributed by atoms with E-state index in [0.717, 1.165) is 44.7 Å². The lowest BCUT2D eigenvalue weighted by molar-refractivity contribution is 0.590. The second-order valence-corrected chi connectivity index (χ2v) is 19.9. The lowest BCUT2D eigenvalue weighted by Gasteiger charge is -2.20. The van der Waals surface area contributed by atoms with E-state index in [9.17, 15) is 5.26 Å². The Bertz CT molecular complexity index is 2750. The molecule has 4 nitrogen and oxygen atoms in total. The lowest BCUT2D eigenvalue weighted by atomic mass is 9.85. The van der Waals surface area contributed by atoms with Gasteiger partial charge in [0.2, 0.25) is 0 Å². The highest BCUT2D eigenvalue weighted by atomic mass is 15.1. The summed E-state index contributed by atoms with van der Waals surface area (Å²) in [6.07, 6.45) is 2.04. The molecule has 0 bridgehead atoms. The van der Waals surface area contributed by atoms with E-state index >= 15 is 0 Å². The van der Waals surface area contributed by atoms with Crippen LogP contribution in [0.5, 0.6) is 0 Å². The zero-order valence-electron chi connectivity index (χ0n) is 35.2. The van der Waals surface area contributed by atoms with Crippen molar-refractivity contribution in [3.8, 4) is 28.7 Å². The van der Waals surface area contributed by atoms with Crippen molar-refractivity contribution in [2.45, 2.75) is 105 Å². The van der Waals surface area contributed by atoms with Gasteiger partial charge in [-0.05, 0) is 116 Å². The fourth-order valence-electron chi connectivity index (χ4n) is 8.14. The Labute approximate surface area is 332 Å². The average molecular weight is 735 g/mol. The van der Waals surface area contributed by atoms with E-state index in [-0.39, 0.29) is 21.7 Å². The number of nitrogens with zero attached hydrogens (tertiary/aromatic N) is 4. The van der Waals surface area contributed by atoms with Crippen LogP contribution in [0.2, 0.25) is 0 Å². The largest absolute Gasteiger partial charge is 0.307 e. The molecule has 5 aromatic carbocycles. The predicted octanol–water partition coefficient (Wildman–Crippen LogP) is 14.0. The maximum atomic E-state index is 10.1. The minimum Gasteiger partial charge on any atom is -0.307 e. The summed E-state index contributed by atoms with van der Waals surface area (Å²) in [6.45, 7) is 27.3. The fraction of sp³-hybridized carbons (Fsp3) is 0.308. The SMILES string of the molecule is CC(C)(C)c1ccc2c(c1)c1cc(C(C)(C)C)ccc1n2-c1cc(-c2cccc(C#N)c2)c(-n2c3ccc(C(C)(C)C)cc3c3cc(C(C)(C)C)ccc32)cn1. The van der Waals surface area contributed by atoms with Gasteiger partial charge in [0, 0.05) is 27.1 Å². The first-order valence-corrected chi connectivity index (χ1v) is 19.9. The molecule has 0 atom stereocenters. The van der Waals surface area contributed by atoms with Gasteiger partial charge in [-0.2, -0.15) is 5.26 Å². The van der Waals surface area contributed by atoms with Gasteiger partial charge in [-0.1, -0.05) is 119 Å². The molecule has 56 heavy (non-hydrogen) atoms. The maximum Gasteiger partial charge on any atom is 0.138 e. The first-order chi connectivity index (χ1) is 26.2. The fourth-order valence-corrected chi connectivity index (χ4v) is 8.14. The molecule has 4 heteroatoms. The molecule has 0 radical (unpaired) electrons. The van der Waals surface area contributed by atoms with Crippen LogP contribution in [0.25, 0.3) is 66.2 Å². The Morgan fingerprint density at radius 1 is 0.464 bits per heavy atom. The van der Waals surface area contributed by atoms with Gasteiger partial charge in [0.05, 0.1) is 45.6 Å². The molecule has 3 aromatic heterocycles. The molecule has 0 aliphatic heterocycles. The first-order valence-electron chi connectivity index (χ1n) is 19.9. The highest BCUT2D eigenvalue weighted by Crippen LogP contribution is 2.42. The molecule has 0 fully saturated rings. The number of fused-ring (bicyclic) bond motifs is 6. The van der Waals surface area contributed by atoms with Crippen molar-refractivity contribution in [2.24, 2.45) is 0 Å². The van der Waals surface area contributed by atoms with Crippen LogP contribution in [-0.2, 0) is 21.7 Å². The van der Waals surface area contributed by atoms with Crippen molar-refractivity contribution in [1.82, 2.24) is 14.1 Å². The molecule has 0 saturated heterocycles. The van der Waals surface area contributed by atoms with Crippen LogP contribution in [0.4, 0.5) is 0 Å². The summed E-state index contributed by atoms with van der Waals surface area (Å²) in [5.74, 6) is 0.837. The van der Waals surface area contributed by atoms with Gasteiger partial charge in [0.15, 0.2) is 0 Å². The smallest absolute Gasteiger partial charge is 0.138 e. The van der Waals surface area contributed by atoms with E-state index in [1.807, 2.05) is 24.4 Å². The quantitative estimate of drug-likeness (QED) is 0.181. The Hall–Kier alpha value is -5.66. The number of hydrogen-bond acceptors (Lipinski definition) is 2. The highest BCUT2D eigenvalue weighted by molar-refractivity contribution is 6.11. The number of nitriles is 1. The molecular formula is C52H54N4. The Balaban J connectivity index is 1.46. The van der Waals surface area contributed by atoms with Gasteiger partial charge < -0.3 is 4.57 Å². The average Bonchev–Trinajstić information content (AvgIpc) is 3.64. The molecule has 8 aromatic rings. The Kier molecular flexibility index (Phi) is 8.44. The third-order valence-electron chi connectivity index (χ3n) is 11.6. The maximum absolute atomic E-state index is 10.1. The zero-order chi connectivity index (χ0) is 40.1. The van der Waals surface area contributed by atoms with Crippen LogP contribution in [0.1, 0.15) is 111 Å². The van der Waals surface area contributed by atoms with Gasteiger partial charge in [-0.3, -0.25) is 4.57 Å². The van der Waals surface area contributed by atoms with Crippen LogP contribution in [0.3, 0.4) is 0 Å². The number of aromatic nitrogens is 3. The van der Waals surface area contributed by atoms with Crippen molar-refractivity contribution < 1.29 is 0 Å². The van der Waals surface area contributed by atoms with Gasteiger partial charge >= 0.3 is 0 Å². The molecular weight excluding hydrogens is 681 g/mol. The van der Waals surface area contributed by atoms with Crippen LogP contribution in [0.15, 0.2) is 109 Å². The Morgan fingerprint density at radius 2 is 0.857 bits per heavy atom. The van der Waals surface area contributed by atoms with E-state index in [1.165, 1.54) is 43.8 Å². The molecule has 0 unspecified atom stereocenters. The van der Waals surface area contributed by atoms with E-state index in [1.54, 1.807) is 0 Å². The van der Waals surface area contributed by atoms with E-state index in [0.29, 0.717) is 5.56 Å². The number of benzene rings is 5. The summed E-state index contributed by atoms with van der Waals surface area (Å²) in [5, 5.41) is 15.0. The van der Waals surface area contributed by atoms with Crippen LogP contribution < -0.4 is 0 Å². The second-order valence-electron chi connectivity index (χ2n) is 19.9. The standard InChI is InChI=1S/C52H54N4/c1-49(2,3)34-16-20-43-39(25-34)40-26-35(50(4,5)6)17-21-44(40)55(43)47-31-54-48(29-38(47)33-15-13-14-32(24-33)30-53)56-45-22-18-36(51(7,8)9)27-41(45)42-28-37(52(10,11)12)19-23-46(42)56/h13-29,31H,1-12H3. The third kappa shape index (κ3) is 6.28. The van der Waals surface area contributed by atoms with Crippen LogP contribution in [-0.4, -0.2) is 14.1 Å². The van der Waals surface area contributed by atoms with Crippen molar-refractivity contribution in [3.05, 3.63) is 137 Å². The summed E-state index contributed by atoms with van der Waals surface area (Å²) < 4.78 is 4.70. The van der Waals surface area contributed by atoms with Crippen molar-refractivity contribution in [1.29, 1.82) is 5.26 Å². The second kappa shape index (κ2) is 12.7. The van der Waals surface area contributed by atoms with Gasteiger partial charge in [-0.15, -0.1) is 0 Å². The first kappa shape index (κ1) is 37.3. The van der Waals surface area contributed by atoms with E-state index in [2.05, 4.69) is 183 Å². The molecule has 0 N–H and O–H groups in total. The number of hydrogen-bond donors (Lipinski definition) is 0. The topological polar surface area (TPSA) is 46.5 Å². The summed E-state index contributed by atoms with van der Waals surface area (Å²) in [5.41, 5.74) is 13.3. The number of pyridine rings is 1. The molecule has 8 rings (SSSR count). The monoisotopic (exact) mass is 734 g/mol. The van der Waals surface area contributed by atoms with E-state index < -0.39 is 0 Å². The highest BCUT2D eigenvalue weighted by Gasteiger charge is 2.25. The van der Waals surface area contributed by atoms with Crippen LogP contribution >= 0.6 is 0 Å². The van der Waals surface area contributed by atoms with E-state index in [4.69, 9.17) is 4.98 Å². The van der Waals surface area contributed by atoms with Crippen molar-refractivity contribution in [2.75, 3.05) is 0 Å². The summed E-state index contributed by atoms with van der Waals surface area (Å²) in [6, 6.07) is 40.3. The molecule has 282 valence electrons. The summed E-state index contributed by atoms with van der Waals surface area (Å²) >= 11 is 0. The molecule has 0 saturated carbocycles. The predicted molar refractivity (Wildman–Crippen MR) is 238 cm³/mol. The summed E-state index contributed by atoms with van der Waals surface area (Å²) in [4.78, 5) is 5.35. The molecule has 0 spiro atoms. The zero-order valence-corrected chi connectivity index (χ0v) is 35.2. The lowest BCUT2D eigenvalue weighted by Crippen LogP contribution is -2.10. The van der Waals surface area contributed by atoms with Crippen molar-refractivity contribution >= 4 is 43.6 Å². The minimum atomic E-state index is -0.0000477.